The number of hydrogen-bond acceptors (Lipinski definition) is 4. The monoisotopic (exact) mass is 232 g/mol. The molecule has 0 aliphatic carbocycles. The molecule has 0 saturated heterocycles. The number of aliphatic hydroxyl groups excluding tert-OH is 2. The number of esters is 1. The highest BCUT2D eigenvalue weighted by atomic mass is 16.5. The van der Waals surface area contributed by atoms with E-state index in [1.807, 2.05) is 0 Å². The molecule has 0 rings (SSSR count). The van der Waals surface area contributed by atoms with Gasteiger partial charge in [0.25, 0.3) is 0 Å². The smallest absolute Gasteiger partial charge is 0.305 e. The fourth-order valence-electron chi connectivity index (χ4n) is 1.36. The zero-order chi connectivity index (χ0) is 12.2. The van der Waals surface area contributed by atoms with Crippen molar-refractivity contribution in [1.29, 1.82) is 0 Å². The first-order valence-electron chi connectivity index (χ1n) is 6.15. The number of carbonyl (C=O) groups excluding carboxylic acids is 1. The molecule has 0 aromatic carbocycles. The van der Waals surface area contributed by atoms with Crippen LogP contribution in [0.15, 0.2) is 0 Å². The summed E-state index contributed by atoms with van der Waals surface area (Å²) < 4.78 is 4.77. The Labute approximate surface area is 97.6 Å². The van der Waals surface area contributed by atoms with Crippen molar-refractivity contribution in [3.8, 4) is 0 Å². The van der Waals surface area contributed by atoms with Crippen LogP contribution in [0.25, 0.3) is 0 Å². The van der Waals surface area contributed by atoms with Crippen LogP contribution in [0.3, 0.4) is 0 Å². The molecule has 0 aliphatic heterocycles. The second kappa shape index (κ2) is 10.9. The molecular weight excluding hydrogens is 208 g/mol. The molecule has 0 heterocycles. The maximum Gasteiger partial charge on any atom is 0.305 e. The van der Waals surface area contributed by atoms with Crippen molar-refractivity contribution < 1.29 is 19.7 Å². The van der Waals surface area contributed by atoms with Gasteiger partial charge in [0.2, 0.25) is 0 Å². The van der Waals surface area contributed by atoms with E-state index in [-0.39, 0.29) is 19.2 Å². The topological polar surface area (TPSA) is 66.8 Å². The van der Waals surface area contributed by atoms with Crippen LogP contribution in [-0.2, 0) is 9.53 Å². The Bertz CT molecular complexity index is 170. The second-order valence-corrected chi connectivity index (χ2v) is 4.04. The lowest BCUT2D eigenvalue weighted by atomic mass is 10.1. The lowest BCUT2D eigenvalue weighted by molar-refractivity contribution is -0.147. The Morgan fingerprint density at radius 2 is 1.81 bits per heavy atom. The van der Waals surface area contributed by atoms with Gasteiger partial charge in [0.1, 0.15) is 12.7 Å². The molecule has 16 heavy (non-hydrogen) atoms. The van der Waals surface area contributed by atoms with Crippen LogP contribution in [0.1, 0.15) is 51.9 Å². The molecule has 0 saturated carbocycles. The van der Waals surface area contributed by atoms with Crippen molar-refractivity contribution in [2.24, 2.45) is 0 Å². The molecule has 0 unspecified atom stereocenters. The van der Waals surface area contributed by atoms with Gasteiger partial charge in [0.05, 0.1) is 6.61 Å². The molecule has 0 aliphatic rings. The summed E-state index contributed by atoms with van der Waals surface area (Å²) in [6.45, 7) is 1.69. The van der Waals surface area contributed by atoms with Crippen LogP contribution < -0.4 is 0 Å². The third-order valence-corrected chi connectivity index (χ3v) is 2.38. The van der Waals surface area contributed by atoms with Crippen LogP contribution in [0.2, 0.25) is 0 Å². The van der Waals surface area contributed by atoms with E-state index in [9.17, 15) is 4.79 Å². The van der Waals surface area contributed by atoms with E-state index in [0.29, 0.717) is 6.42 Å². The minimum Gasteiger partial charge on any atom is -0.463 e. The standard InChI is InChI=1S/C12H24O4/c1-2-3-4-5-6-7-8-12(15)16-10-11(14)9-13/h11,13-14H,2-10H2,1H3/t11-/m0/s1. The van der Waals surface area contributed by atoms with Crippen molar-refractivity contribution in [3.63, 3.8) is 0 Å². The average molecular weight is 232 g/mol. The van der Waals surface area contributed by atoms with Crippen molar-refractivity contribution in [3.05, 3.63) is 0 Å². The highest BCUT2D eigenvalue weighted by Crippen LogP contribution is 2.07. The first-order valence-corrected chi connectivity index (χ1v) is 6.15. The molecule has 1 atom stereocenters. The molecule has 0 radical (unpaired) electrons. The predicted molar refractivity (Wildman–Crippen MR) is 62.0 cm³/mol. The van der Waals surface area contributed by atoms with Gasteiger partial charge in [-0.2, -0.15) is 0 Å². The SMILES string of the molecule is CCCCCCCCC(=O)OC[C@@H](O)CO. The molecule has 96 valence electrons. The first-order chi connectivity index (χ1) is 7.70. The van der Waals surface area contributed by atoms with Crippen molar-refractivity contribution in [2.45, 2.75) is 58.0 Å². The summed E-state index contributed by atoms with van der Waals surface area (Å²) in [4.78, 5) is 11.1. The molecular formula is C12H24O4. The summed E-state index contributed by atoms with van der Waals surface area (Å²) in [6, 6.07) is 0. The number of ether oxygens (including phenoxy) is 1. The van der Waals surface area contributed by atoms with Gasteiger partial charge in [0.15, 0.2) is 0 Å². The van der Waals surface area contributed by atoms with Crippen LogP contribution in [0.5, 0.6) is 0 Å². The molecule has 0 amide bonds. The fraction of sp³-hybridized carbons (Fsp3) is 0.917. The van der Waals surface area contributed by atoms with Crippen molar-refractivity contribution in [1.82, 2.24) is 0 Å². The molecule has 4 heteroatoms. The Balaban J connectivity index is 3.24. The molecule has 0 aromatic rings. The van der Waals surface area contributed by atoms with Crippen LogP contribution in [0.4, 0.5) is 0 Å². The van der Waals surface area contributed by atoms with E-state index in [4.69, 9.17) is 14.9 Å². The van der Waals surface area contributed by atoms with E-state index < -0.39 is 6.10 Å². The Hall–Kier alpha value is -0.610. The maximum atomic E-state index is 11.1. The maximum absolute atomic E-state index is 11.1. The van der Waals surface area contributed by atoms with Crippen LogP contribution in [-0.4, -0.2) is 35.5 Å². The largest absolute Gasteiger partial charge is 0.463 e. The van der Waals surface area contributed by atoms with Crippen molar-refractivity contribution in [2.75, 3.05) is 13.2 Å². The minimum absolute atomic E-state index is 0.106. The summed E-state index contributed by atoms with van der Waals surface area (Å²) in [6.07, 6.45) is 6.23. The lowest BCUT2D eigenvalue weighted by Crippen LogP contribution is -2.21. The van der Waals surface area contributed by atoms with Gasteiger partial charge in [-0.15, -0.1) is 0 Å². The van der Waals surface area contributed by atoms with E-state index >= 15 is 0 Å². The number of hydrogen-bond donors (Lipinski definition) is 2. The number of rotatable bonds is 10. The summed E-state index contributed by atoms with van der Waals surface area (Å²) in [5.74, 6) is -0.289. The highest BCUT2D eigenvalue weighted by Gasteiger charge is 2.07. The fourth-order valence-corrected chi connectivity index (χ4v) is 1.36. The molecule has 0 spiro atoms. The van der Waals surface area contributed by atoms with Gasteiger partial charge in [-0.05, 0) is 6.42 Å². The summed E-state index contributed by atoms with van der Waals surface area (Å²) in [5, 5.41) is 17.5. The van der Waals surface area contributed by atoms with Gasteiger partial charge >= 0.3 is 5.97 Å². The van der Waals surface area contributed by atoms with Gasteiger partial charge in [-0.25, -0.2) is 0 Å². The van der Waals surface area contributed by atoms with E-state index in [1.165, 1.54) is 25.7 Å². The van der Waals surface area contributed by atoms with Gasteiger partial charge in [0, 0.05) is 6.42 Å². The molecule has 0 aromatic heterocycles. The normalized spacial score (nSPS) is 12.4. The Morgan fingerprint density at radius 3 is 2.44 bits per heavy atom. The van der Waals surface area contributed by atoms with Gasteiger partial charge < -0.3 is 14.9 Å². The number of aliphatic hydroxyl groups is 2. The Morgan fingerprint density at radius 1 is 1.19 bits per heavy atom. The predicted octanol–water partition coefficient (Wildman–Crippen LogP) is 1.63. The summed E-state index contributed by atoms with van der Waals surface area (Å²) in [7, 11) is 0. The van der Waals surface area contributed by atoms with Crippen LogP contribution >= 0.6 is 0 Å². The van der Waals surface area contributed by atoms with Crippen LogP contribution in [0, 0.1) is 0 Å². The third kappa shape index (κ3) is 9.93. The first kappa shape index (κ1) is 15.4. The summed E-state index contributed by atoms with van der Waals surface area (Å²) >= 11 is 0. The molecule has 0 fully saturated rings. The van der Waals surface area contributed by atoms with E-state index in [2.05, 4.69) is 6.92 Å². The van der Waals surface area contributed by atoms with Crippen molar-refractivity contribution >= 4 is 5.97 Å². The quantitative estimate of drug-likeness (QED) is 0.444. The minimum atomic E-state index is -0.950. The number of carbonyl (C=O) groups is 1. The van der Waals surface area contributed by atoms with E-state index in [0.717, 1.165) is 12.8 Å². The lowest BCUT2D eigenvalue weighted by Gasteiger charge is -2.08. The number of unbranched alkanes of at least 4 members (excludes halogenated alkanes) is 5. The zero-order valence-corrected chi connectivity index (χ0v) is 10.2. The molecule has 0 bridgehead atoms. The highest BCUT2D eigenvalue weighted by molar-refractivity contribution is 5.69. The van der Waals surface area contributed by atoms with Gasteiger partial charge in [-0.3, -0.25) is 4.79 Å². The molecule has 2 N–H and O–H groups in total. The second-order valence-electron chi connectivity index (χ2n) is 4.04. The average Bonchev–Trinajstić information content (AvgIpc) is 2.30. The third-order valence-electron chi connectivity index (χ3n) is 2.38. The van der Waals surface area contributed by atoms with Gasteiger partial charge in [-0.1, -0.05) is 39.0 Å². The van der Waals surface area contributed by atoms with E-state index in [1.54, 1.807) is 0 Å². The Kier molecular flexibility index (Phi) is 10.5. The zero-order valence-electron chi connectivity index (χ0n) is 10.2. The summed E-state index contributed by atoms with van der Waals surface area (Å²) in [5.41, 5.74) is 0. The molecule has 4 nitrogen and oxygen atoms in total.